The highest BCUT2D eigenvalue weighted by atomic mass is 19.1. The van der Waals surface area contributed by atoms with Gasteiger partial charge >= 0.3 is 23.3 Å². The summed E-state index contributed by atoms with van der Waals surface area (Å²) in [5.74, 6) is -2.35. The summed E-state index contributed by atoms with van der Waals surface area (Å²) in [5.41, 5.74) is 13.7. The van der Waals surface area contributed by atoms with Crippen molar-refractivity contribution >= 4 is 46.4 Å². The summed E-state index contributed by atoms with van der Waals surface area (Å²) in [7, 11) is 0. The number of benzene rings is 3. The van der Waals surface area contributed by atoms with Crippen LogP contribution in [-0.2, 0) is 51.0 Å². The number of rotatable bonds is 13. The highest BCUT2D eigenvalue weighted by Gasteiger charge is 2.28. The van der Waals surface area contributed by atoms with E-state index in [1.807, 2.05) is 0 Å². The van der Waals surface area contributed by atoms with Gasteiger partial charge in [0, 0.05) is 58.4 Å². The molecule has 0 bridgehead atoms. The molecule has 0 unspecified atom stereocenters. The molecule has 0 spiro atoms. The summed E-state index contributed by atoms with van der Waals surface area (Å²) < 4.78 is 62.6. The van der Waals surface area contributed by atoms with Gasteiger partial charge in [0.05, 0.1) is 69.9 Å². The molecule has 0 aliphatic carbocycles. The number of hydrogen-bond donors (Lipinski definition) is 3. The van der Waals surface area contributed by atoms with Gasteiger partial charge in [-0.15, -0.1) is 5.10 Å². The predicted octanol–water partition coefficient (Wildman–Crippen LogP) is 7.16. The molecule has 3 aromatic carbocycles. The number of aromatic nitrogens is 6. The Morgan fingerprint density at radius 3 is 1.29 bits per heavy atom. The van der Waals surface area contributed by atoms with Gasteiger partial charge < -0.3 is 35.5 Å². The van der Waals surface area contributed by atoms with Crippen molar-refractivity contribution in [2.75, 3.05) is 57.7 Å². The minimum Gasteiger partial charge on any atom is -0.481 e. The molecule has 23 nitrogen and oxygen atoms in total. The summed E-state index contributed by atoms with van der Waals surface area (Å²) in [6.07, 6.45) is 8.36. The highest BCUT2D eigenvalue weighted by molar-refractivity contribution is 5.84. The van der Waals surface area contributed by atoms with Crippen molar-refractivity contribution in [2.24, 2.45) is 17.8 Å². The number of esters is 1. The molecule has 0 radical (unpaired) electrons. The van der Waals surface area contributed by atoms with Crippen LogP contribution in [0.1, 0.15) is 63.8 Å². The maximum absolute atomic E-state index is 13.0. The summed E-state index contributed by atoms with van der Waals surface area (Å²) >= 11 is 0. The predicted molar refractivity (Wildman–Crippen MR) is 271 cm³/mol. The molecule has 0 atom stereocenters. The molecule has 6 aromatic rings. The molecule has 0 amide bonds. The van der Waals surface area contributed by atoms with Crippen molar-refractivity contribution in [1.82, 2.24) is 29.3 Å². The van der Waals surface area contributed by atoms with Crippen LogP contribution in [0.15, 0.2) is 91.4 Å². The van der Waals surface area contributed by atoms with E-state index in [1.165, 1.54) is 89.3 Å². The molecule has 412 valence electrons. The first kappa shape index (κ1) is 59.5. The number of carbonyl (C=O) groups excluding carboxylic acids is 3. The first-order valence-corrected chi connectivity index (χ1v) is 24.3. The minimum atomic E-state index is -0.682. The Hall–Kier alpha value is -8.36. The third kappa shape index (κ3) is 18.8. The van der Waals surface area contributed by atoms with Gasteiger partial charge in [-0.2, -0.15) is 10.2 Å². The Labute approximate surface area is 439 Å². The standard InChI is InChI=1S/C16H16FN3O4.C16H18FN3O2.C9H7FN4O2.C6H10O3.C4H8O2/c17-12-1-3-13(4-2-12)19-10-15(20(22)23)14(18-19)9-16(21)11-5-7-24-8-6-11;17-12-1-3-13(4-2-12)20-10-14(18)15(19-20)9-16(21)11-5-7-22-8-6-11;10-6-1-3-7(4-2-6)13-5-8(14(15)16)9(11)12-13;7-6(8)5-1-3-9-4-2-5;1-3-6-4(2)5/h1-4,10-11H,5-9H2;1-4,10-11H,5-9,18H2;1-5H,(H2,11,12);5H,1-4H2,(H,7,8);3H2,1-2H3. The van der Waals surface area contributed by atoms with Crippen molar-refractivity contribution < 1.29 is 66.2 Å². The lowest BCUT2D eigenvalue weighted by Gasteiger charge is -2.20. The van der Waals surface area contributed by atoms with Crippen molar-refractivity contribution in [3.05, 3.63) is 140 Å². The SMILES string of the molecule is CCOC(C)=O.Nc1cn(-c2ccc(F)cc2)nc1CC(=O)C1CCOCC1.Nc1nn(-c2ccc(F)cc2)cc1[N+](=O)[O-].O=C(Cc1nn(-c2ccc(F)cc2)cc1[N+](=O)[O-])C1CCOCC1.O=C(O)C1CCOCC1. The molecule has 6 heterocycles. The van der Waals surface area contributed by atoms with Crippen LogP contribution >= 0.6 is 0 Å². The van der Waals surface area contributed by atoms with Crippen LogP contribution in [0, 0.1) is 55.4 Å². The van der Waals surface area contributed by atoms with Gasteiger partial charge in [0.15, 0.2) is 0 Å². The number of Topliss-reactive ketones (excluding diaryl/α,β-unsaturated/α-hetero) is 2. The number of nitrogens with two attached hydrogens (primary N) is 2. The number of carboxylic acids is 1. The average Bonchev–Trinajstić information content (AvgIpc) is 4.15. The van der Waals surface area contributed by atoms with Crippen LogP contribution in [0.5, 0.6) is 0 Å². The van der Waals surface area contributed by atoms with Crippen LogP contribution in [0.25, 0.3) is 17.1 Å². The molecule has 26 heteroatoms. The monoisotopic (exact) mass is 1080 g/mol. The maximum atomic E-state index is 13.0. The molecule has 5 N–H and O–H groups in total. The average molecular weight is 1080 g/mol. The summed E-state index contributed by atoms with van der Waals surface area (Å²) in [6, 6.07) is 16.8. The third-order valence-electron chi connectivity index (χ3n) is 11.9. The number of hydrogen-bond acceptors (Lipinski definition) is 17. The zero-order valence-corrected chi connectivity index (χ0v) is 42.2. The van der Waals surface area contributed by atoms with Gasteiger partial charge in [-0.05, 0) is 118 Å². The molecule has 3 aromatic heterocycles. The Morgan fingerprint density at radius 1 is 0.597 bits per heavy atom. The summed E-state index contributed by atoms with van der Waals surface area (Å²) in [5, 5.41) is 42.5. The fourth-order valence-corrected chi connectivity index (χ4v) is 7.74. The zero-order valence-electron chi connectivity index (χ0n) is 42.2. The van der Waals surface area contributed by atoms with Gasteiger partial charge in [0.25, 0.3) is 0 Å². The Bertz CT molecular complexity index is 2900. The lowest BCUT2D eigenvalue weighted by atomic mass is 9.92. The number of nitrogen functional groups attached to an aromatic ring is 2. The van der Waals surface area contributed by atoms with Gasteiger partial charge in [-0.3, -0.25) is 39.4 Å². The summed E-state index contributed by atoms with van der Waals surface area (Å²) in [6.45, 7) is 7.20. The number of halogens is 3. The molecular weight excluding hydrogens is 1020 g/mol. The zero-order chi connectivity index (χ0) is 56.0. The van der Waals surface area contributed by atoms with Gasteiger partial charge in [0.2, 0.25) is 5.82 Å². The second-order valence-electron chi connectivity index (χ2n) is 17.4. The summed E-state index contributed by atoms with van der Waals surface area (Å²) in [4.78, 5) is 65.4. The van der Waals surface area contributed by atoms with Crippen LogP contribution in [0.3, 0.4) is 0 Å². The number of carbonyl (C=O) groups is 4. The normalized spacial score (nSPS) is 14.6. The lowest BCUT2D eigenvalue weighted by molar-refractivity contribution is -0.385. The van der Waals surface area contributed by atoms with Crippen LogP contribution in [0.2, 0.25) is 0 Å². The number of nitrogens with zero attached hydrogens (tertiary/aromatic N) is 8. The molecule has 3 saturated heterocycles. The van der Waals surface area contributed by atoms with Crippen LogP contribution in [-0.4, -0.2) is 114 Å². The molecular formula is C51H59F3N10O13. The van der Waals surface area contributed by atoms with E-state index in [-0.39, 0.29) is 76.8 Å². The lowest BCUT2D eigenvalue weighted by Crippen LogP contribution is -2.25. The van der Waals surface area contributed by atoms with Crippen molar-refractivity contribution in [1.29, 1.82) is 0 Å². The number of carboxylic acid groups (broad SMARTS) is 1. The molecule has 77 heavy (non-hydrogen) atoms. The fraction of sp³-hybridized carbons (Fsp3) is 0.392. The smallest absolute Gasteiger partial charge is 0.331 e. The first-order chi connectivity index (χ1) is 36.8. The van der Waals surface area contributed by atoms with Crippen LogP contribution in [0.4, 0.5) is 36.1 Å². The highest BCUT2D eigenvalue weighted by Crippen LogP contribution is 2.26. The van der Waals surface area contributed by atoms with Crippen LogP contribution < -0.4 is 11.5 Å². The fourth-order valence-electron chi connectivity index (χ4n) is 7.74. The Morgan fingerprint density at radius 2 is 0.948 bits per heavy atom. The Balaban J connectivity index is 0.000000190. The topological polar surface area (TPSA) is 317 Å². The molecule has 3 fully saturated rings. The quantitative estimate of drug-likeness (QED) is 0.0587. The molecule has 3 aliphatic rings. The minimum absolute atomic E-state index is 0.0316. The van der Waals surface area contributed by atoms with Gasteiger partial charge in [-0.25, -0.2) is 27.2 Å². The second-order valence-corrected chi connectivity index (χ2v) is 17.4. The van der Waals surface area contributed by atoms with E-state index in [0.717, 1.165) is 12.8 Å². The van der Waals surface area contributed by atoms with E-state index < -0.39 is 27.5 Å². The van der Waals surface area contributed by atoms with Crippen molar-refractivity contribution in [2.45, 2.75) is 65.2 Å². The largest absolute Gasteiger partial charge is 0.481 e. The third-order valence-corrected chi connectivity index (χ3v) is 11.9. The van der Waals surface area contributed by atoms with E-state index in [4.69, 9.17) is 30.8 Å². The number of anilines is 2. The Kier molecular flexibility index (Phi) is 22.9. The maximum Gasteiger partial charge on any atom is 0.331 e. The second kappa shape index (κ2) is 29.7. The van der Waals surface area contributed by atoms with E-state index in [1.54, 1.807) is 29.9 Å². The van der Waals surface area contributed by atoms with E-state index >= 15 is 0 Å². The van der Waals surface area contributed by atoms with Gasteiger partial charge in [0.1, 0.15) is 47.1 Å². The van der Waals surface area contributed by atoms with E-state index in [9.17, 15) is 52.6 Å². The first-order valence-electron chi connectivity index (χ1n) is 24.3. The van der Waals surface area contributed by atoms with Crippen molar-refractivity contribution in [3.8, 4) is 17.1 Å². The van der Waals surface area contributed by atoms with E-state index in [2.05, 4.69) is 20.0 Å². The van der Waals surface area contributed by atoms with Gasteiger partial charge in [-0.1, -0.05) is 0 Å². The van der Waals surface area contributed by atoms with E-state index in [0.29, 0.717) is 100 Å². The molecule has 3 aliphatic heterocycles. The molecule has 9 rings (SSSR count). The number of ketones is 2. The number of aliphatic carboxylic acids is 1. The molecule has 0 saturated carbocycles. The van der Waals surface area contributed by atoms with Crippen molar-refractivity contribution in [3.63, 3.8) is 0 Å². The number of ether oxygens (including phenoxy) is 4. The number of nitro groups is 2.